The molecule has 1 aromatic carbocycles. The molecular formula is C21H27N5O2. The minimum absolute atomic E-state index is 0.0472. The smallest absolute Gasteiger partial charge is 0.251 e. The van der Waals surface area contributed by atoms with Gasteiger partial charge in [0.05, 0.1) is 6.20 Å². The predicted molar refractivity (Wildman–Crippen MR) is 109 cm³/mol. The zero-order valence-electron chi connectivity index (χ0n) is 16.6. The molecule has 7 heteroatoms. The highest BCUT2D eigenvalue weighted by Gasteiger charge is 2.11. The van der Waals surface area contributed by atoms with E-state index in [1.54, 1.807) is 6.20 Å². The molecule has 7 nitrogen and oxygen atoms in total. The number of benzene rings is 1. The first-order valence-corrected chi connectivity index (χ1v) is 9.34. The van der Waals surface area contributed by atoms with Gasteiger partial charge < -0.3 is 20.0 Å². The number of aromatic amines is 1. The van der Waals surface area contributed by atoms with Gasteiger partial charge in [-0.25, -0.2) is 0 Å². The van der Waals surface area contributed by atoms with Crippen LogP contribution in [0.1, 0.15) is 27.2 Å². The minimum Gasteiger partial charge on any atom is -0.460 e. The summed E-state index contributed by atoms with van der Waals surface area (Å²) in [5.74, 6) is 1.60. The lowest BCUT2D eigenvalue weighted by molar-refractivity contribution is 0.0951. The van der Waals surface area contributed by atoms with Gasteiger partial charge in [0.1, 0.15) is 11.5 Å². The maximum absolute atomic E-state index is 12.3. The maximum atomic E-state index is 12.3. The van der Waals surface area contributed by atoms with Crippen molar-refractivity contribution in [2.24, 2.45) is 0 Å². The van der Waals surface area contributed by atoms with Crippen LogP contribution in [-0.4, -0.2) is 48.2 Å². The molecule has 2 aromatic heterocycles. The Hall–Kier alpha value is -2.90. The largest absolute Gasteiger partial charge is 0.460 e. The van der Waals surface area contributed by atoms with E-state index in [1.807, 2.05) is 62.3 Å². The maximum Gasteiger partial charge on any atom is 0.251 e. The number of H-pyrrole nitrogens is 1. The third kappa shape index (κ3) is 5.31. The first-order chi connectivity index (χ1) is 13.5. The van der Waals surface area contributed by atoms with E-state index in [2.05, 4.69) is 20.8 Å². The Morgan fingerprint density at radius 3 is 2.82 bits per heavy atom. The molecule has 0 saturated heterocycles. The van der Waals surface area contributed by atoms with Gasteiger partial charge in [0.25, 0.3) is 5.91 Å². The van der Waals surface area contributed by atoms with Gasteiger partial charge in [0, 0.05) is 37.3 Å². The number of hydrogen-bond acceptors (Lipinski definition) is 5. The second-order valence-corrected chi connectivity index (χ2v) is 7.04. The molecule has 0 fully saturated rings. The van der Waals surface area contributed by atoms with Gasteiger partial charge in [-0.1, -0.05) is 12.1 Å². The van der Waals surface area contributed by atoms with Gasteiger partial charge in [-0.05, 0) is 50.8 Å². The van der Waals surface area contributed by atoms with Crippen LogP contribution in [-0.2, 0) is 13.1 Å². The molecule has 0 spiro atoms. The van der Waals surface area contributed by atoms with E-state index < -0.39 is 0 Å². The van der Waals surface area contributed by atoms with Crippen molar-refractivity contribution in [2.45, 2.75) is 20.0 Å². The lowest BCUT2D eigenvalue weighted by atomic mass is 10.1. The summed E-state index contributed by atoms with van der Waals surface area (Å²) in [7, 11) is 3.97. The van der Waals surface area contributed by atoms with Crippen LogP contribution in [0.3, 0.4) is 0 Å². The van der Waals surface area contributed by atoms with Crippen molar-refractivity contribution in [3.8, 4) is 11.5 Å². The summed E-state index contributed by atoms with van der Waals surface area (Å²) >= 11 is 0. The first kappa shape index (κ1) is 19.9. The van der Waals surface area contributed by atoms with Crippen molar-refractivity contribution in [2.75, 3.05) is 27.2 Å². The first-order valence-electron chi connectivity index (χ1n) is 9.34. The number of carbonyl (C=O) groups is 1. The number of amides is 1. The number of nitrogens with zero attached hydrogens (tertiary/aromatic N) is 2. The Labute approximate surface area is 165 Å². The van der Waals surface area contributed by atoms with Crippen LogP contribution < -0.4 is 10.6 Å². The van der Waals surface area contributed by atoms with E-state index in [0.29, 0.717) is 25.2 Å². The molecule has 2 heterocycles. The monoisotopic (exact) mass is 381 g/mol. The van der Waals surface area contributed by atoms with E-state index in [-0.39, 0.29) is 5.91 Å². The average molecular weight is 381 g/mol. The number of aromatic nitrogens is 2. The summed E-state index contributed by atoms with van der Waals surface area (Å²) in [6.45, 7) is 4.66. The summed E-state index contributed by atoms with van der Waals surface area (Å²) in [5.41, 5.74) is 3.65. The third-order valence-corrected chi connectivity index (χ3v) is 4.38. The van der Waals surface area contributed by atoms with Crippen LogP contribution >= 0.6 is 0 Å². The van der Waals surface area contributed by atoms with Crippen LogP contribution in [0.5, 0.6) is 0 Å². The Kier molecular flexibility index (Phi) is 6.62. The van der Waals surface area contributed by atoms with Crippen LogP contribution in [0.2, 0.25) is 0 Å². The SMILES string of the molecule is Cc1ccc(-c2[nH]ncc2CNCc2cccc(C(=O)NCCN(C)C)c2)o1. The molecule has 0 aliphatic carbocycles. The predicted octanol–water partition coefficient (Wildman–Crippen LogP) is 2.56. The zero-order chi connectivity index (χ0) is 19.9. The van der Waals surface area contributed by atoms with Crippen LogP contribution in [0.25, 0.3) is 11.5 Å². The molecule has 3 aromatic rings. The Morgan fingerprint density at radius 2 is 2.07 bits per heavy atom. The Balaban J connectivity index is 1.55. The third-order valence-electron chi connectivity index (χ3n) is 4.38. The molecule has 3 N–H and O–H groups in total. The van der Waals surface area contributed by atoms with Gasteiger partial charge in [-0.3, -0.25) is 9.89 Å². The summed E-state index contributed by atoms with van der Waals surface area (Å²) in [4.78, 5) is 14.3. The zero-order valence-corrected chi connectivity index (χ0v) is 16.6. The van der Waals surface area contributed by atoms with Crippen molar-refractivity contribution >= 4 is 5.91 Å². The molecule has 1 amide bonds. The minimum atomic E-state index is -0.0472. The summed E-state index contributed by atoms with van der Waals surface area (Å²) < 4.78 is 5.68. The molecule has 0 radical (unpaired) electrons. The van der Waals surface area contributed by atoms with Gasteiger partial charge >= 0.3 is 0 Å². The fraction of sp³-hybridized carbons (Fsp3) is 0.333. The van der Waals surface area contributed by atoms with Gasteiger partial charge in [-0.2, -0.15) is 5.10 Å². The molecule has 0 aliphatic heterocycles. The Morgan fingerprint density at radius 1 is 1.21 bits per heavy atom. The van der Waals surface area contributed by atoms with E-state index in [1.165, 1.54) is 0 Å². The topological polar surface area (TPSA) is 86.2 Å². The lowest BCUT2D eigenvalue weighted by Crippen LogP contribution is -2.31. The van der Waals surface area contributed by atoms with Crippen molar-refractivity contribution < 1.29 is 9.21 Å². The number of carbonyl (C=O) groups excluding carboxylic acids is 1. The van der Waals surface area contributed by atoms with Crippen molar-refractivity contribution in [1.82, 2.24) is 25.7 Å². The number of likely N-dealkylation sites (N-methyl/N-ethyl adjacent to an activating group) is 1. The highest BCUT2D eigenvalue weighted by Crippen LogP contribution is 2.23. The average Bonchev–Trinajstić information content (AvgIpc) is 3.30. The lowest BCUT2D eigenvalue weighted by Gasteiger charge is -2.11. The van der Waals surface area contributed by atoms with Crippen LogP contribution in [0.4, 0.5) is 0 Å². The van der Waals surface area contributed by atoms with E-state index >= 15 is 0 Å². The van der Waals surface area contributed by atoms with E-state index in [4.69, 9.17) is 4.42 Å². The Bertz CT molecular complexity index is 913. The van der Waals surface area contributed by atoms with Crippen LogP contribution in [0, 0.1) is 6.92 Å². The molecule has 28 heavy (non-hydrogen) atoms. The molecule has 0 unspecified atom stereocenters. The van der Waals surface area contributed by atoms with E-state index in [0.717, 1.165) is 34.9 Å². The molecule has 0 atom stereocenters. The van der Waals surface area contributed by atoms with Crippen molar-refractivity contribution in [1.29, 1.82) is 0 Å². The molecule has 0 saturated carbocycles. The summed E-state index contributed by atoms with van der Waals surface area (Å²) in [6, 6.07) is 11.5. The highest BCUT2D eigenvalue weighted by atomic mass is 16.3. The number of nitrogens with one attached hydrogen (secondary N) is 3. The van der Waals surface area contributed by atoms with Gasteiger partial charge in [0.2, 0.25) is 0 Å². The number of hydrogen-bond donors (Lipinski definition) is 3. The molecule has 3 rings (SSSR count). The highest BCUT2D eigenvalue weighted by molar-refractivity contribution is 5.94. The fourth-order valence-corrected chi connectivity index (χ4v) is 2.89. The second-order valence-electron chi connectivity index (χ2n) is 7.04. The molecule has 0 aliphatic rings. The van der Waals surface area contributed by atoms with Crippen LogP contribution in [0.15, 0.2) is 47.0 Å². The van der Waals surface area contributed by atoms with Crippen molar-refractivity contribution in [3.05, 3.63) is 65.0 Å². The summed E-state index contributed by atoms with van der Waals surface area (Å²) in [6.07, 6.45) is 1.80. The molecule has 148 valence electrons. The number of rotatable bonds is 9. The van der Waals surface area contributed by atoms with Crippen molar-refractivity contribution in [3.63, 3.8) is 0 Å². The molecular weight excluding hydrogens is 354 g/mol. The second kappa shape index (κ2) is 9.34. The molecule has 0 bridgehead atoms. The normalized spacial score (nSPS) is 11.1. The number of aryl methyl sites for hydroxylation is 1. The van der Waals surface area contributed by atoms with E-state index in [9.17, 15) is 4.79 Å². The fourth-order valence-electron chi connectivity index (χ4n) is 2.89. The standard InChI is InChI=1S/C21H27N5O2/c1-15-7-8-19(28-15)20-18(14-24-25-20)13-22-12-16-5-4-6-17(11-16)21(27)23-9-10-26(2)3/h4-8,11,14,22H,9-10,12-13H2,1-3H3,(H,23,27)(H,24,25). The number of furan rings is 1. The van der Waals surface area contributed by atoms with Gasteiger partial charge in [-0.15, -0.1) is 0 Å². The quantitative estimate of drug-likeness (QED) is 0.530. The van der Waals surface area contributed by atoms with Gasteiger partial charge in [0.15, 0.2) is 5.76 Å². The summed E-state index contributed by atoms with van der Waals surface area (Å²) in [5, 5.41) is 13.5.